The van der Waals surface area contributed by atoms with E-state index in [0.29, 0.717) is 6.04 Å². The molecule has 1 atom stereocenters. The second kappa shape index (κ2) is 8.88. The summed E-state index contributed by atoms with van der Waals surface area (Å²) in [4.78, 5) is 18.7. The standard InChI is InChI=1S/C22H29N5OS2/c1-26(2)16(18-7-4-12-29-18)13-23-21-20-15-5-3-6-17(15)30-22(20)25-19(24-21)14-27-8-10-28-11-9-27/h4,7,12,16H,3,5-6,8-11,13-14H2,1-2H3,(H,23,24,25). The van der Waals surface area contributed by atoms with Gasteiger partial charge >= 0.3 is 0 Å². The third-order valence-corrected chi connectivity index (χ3v) is 8.20. The van der Waals surface area contributed by atoms with E-state index in [0.717, 1.165) is 62.3 Å². The van der Waals surface area contributed by atoms with E-state index in [2.05, 4.69) is 46.7 Å². The lowest BCUT2D eigenvalue weighted by molar-refractivity contribution is 0.0331. The van der Waals surface area contributed by atoms with Crippen LogP contribution in [0.4, 0.5) is 5.82 Å². The van der Waals surface area contributed by atoms with Gasteiger partial charge in [0.15, 0.2) is 0 Å². The number of morpholine rings is 1. The molecule has 0 radical (unpaired) electrons. The Balaban J connectivity index is 1.45. The molecular formula is C22H29N5OS2. The molecule has 0 spiro atoms. The van der Waals surface area contributed by atoms with Gasteiger partial charge in [-0.25, -0.2) is 9.97 Å². The Hall–Kier alpha value is -1.58. The molecule has 3 aromatic heterocycles. The van der Waals surface area contributed by atoms with Gasteiger partial charge in [-0.1, -0.05) is 6.07 Å². The monoisotopic (exact) mass is 443 g/mol. The van der Waals surface area contributed by atoms with Gasteiger partial charge in [0.25, 0.3) is 0 Å². The predicted octanol–water partition coefficient (Wildman–Crippen LogP) is 3.79. The Bertz CT molecular complexity index is 995. The molecule has 1 aliphatic heterocycles. The summed E-state index contributed by atoms with van der Waals surface area (Å²) >= 11 is 3.69. The quantitative estimate of drug-likeness (QED) is 0.600. The predicted molar refractivity (Wildman–Crippen MR) is 125 cm³/mol. The molecule has 0 amide bonds. The number of rotatable bonds is 7. The van der Waals surface area contributed by atoms with Crippen molar-refractivity contribution in [3.8, 4) is 0 Å². The van der Waals surface area contributed by atoms with E-state index in [1.165, 1.54) is 33.5 Å². The second-order valence-corrected chi connectivity index (χ2v) is 10.4. The SMILES string of the molecule is CN(C)C(CNc1nc(CN2CCOCC2)nc2sc3c(c12)CCC3)c1cccs1. The number of hydrogen-bond donors (Lipinski definition) is 1. The molecule has 160 valence electrons. The van der Waals surface area contributed by atoms with E-state index in [1.807, 2.05) is 22.7 Å². The zero-order chi connectivity index (χ0) is 20.5. The van der Waals surface area contributed by atoms with Crippen molar-refractivity contribution in [2.24, 2.45) is 0 Å². The maximum atomic E-state index is 5.50. The fraction of sp³-hybridized carbons (Fsp3) is 0.545. The second-order valence-electron chi connectivity index (χ2n) is 8.29. The highest BCUT2D eigenvalue weighted by Gasteiger charge is 2.24. The lowest BCUT2D eigenvalue weighted by Crippen LogP contribution is -2.36. The highest BCUT2D eigenvalue weighted by atomic mass is 32.1. The van der Waals surface area contributed by atoms with Gasteiger partial charge in [0.2, 0.25) is 0 Å². The minimum absolute atomic E-state index is 0.324. The smallest absolute Gasteiger partial charge is 0.146 e. The molecular weight excluding hydrogens is 414 g/mol. The molecule has 3 aromatic rings. The fourth-order valence-electron chi connectivity index (χ4n) is 4.41. The van der Waals surface area contributed by atoms with Gasteiger partial charge in [-0.15, -0.1) is 22.7 Å². The molecule has 30 heavy (non-hydrogen) atoms. The first-order valence-corrected chi connectivity index (χ1v) is 12.4. The van der Waals surface area contributed by atoms with Crippen LogP contribution in [0.25, 0.3) is 10.2 Å². The Morgan fingerprint density at radius 3 is 2.87 bits per heavy atom. The van der Waals surface area contributed by atoms with Gasteiger partial charge in [-0.05, 0) is 50.4 Å². The number of nitrogens with one attached hydrogen (secondary N) is 1. The molecule has 8 heteroatoms. The number of likely N-dealkylation sites (N-methyl/N-ethyl adjacent to an activating group) is 1. The van der Waals surface area contributed by atoms with Crippen molar-refractivity contribution < 1.29 is 4.74 Å². The Morgan fingerprint density at radius 1 is 1.23 bits per heavy atom. The summed E-state index contributed by atoms with van der Waals surface area (Å²) in [6, 6.07) is 4.68. The Labute approximate surface area is 185 Å². The van der Waals surface area contributed by atoms with Gasteiger partial charge in [0.1, 0.15) is 16.5 Å². The highest BCUT2D eigenvalue weighted by Crippen LogP contribution is 2.40. The topological polar surface area (TPSA) is 53.5 Å². The van der Waals surface area contributed by atoms with E-state index < -0.39 is 0 Å². The maximum absolute atomic E-state index is 5.50. The van der Waals surface area contributed by atoms with Crippen LogP contribution in [0.2, 0.25) is 0 Å². The molecule has 1 fully saturated rings. The lowest BCUT2D eigenvalue weighted by atomic mass is 10.1. The van der Waals surface area contributed by atoms with Gasteiger partial charge < -0.3 is 15.0 Å². The third kappa shape index (κ3) is 4.11. The van der Waals surface area contributed by atoms with Gasteiger partial charge in [-0.3, -0.25) is 4.90 Å². The minimum atomic E-state index is 0.324. The number of thiophene rings is 2. The van der Waals surface area contributed by atoms with Crippen molar-refractivity contribution in [1.82, 2.24) is 19.8 Å². The number of fused-ring (bicyclic) bond motifs is 3. The van der Waals surface area contributed by atoms with Crippen LogP contribution in [0.3, 0.4) is 0 Å². The molecule has 1 aliphatic carbocycles. The summed E-state index contributed by atoms with van der Waals surface area (Å²) in [5, 5.41) is 7.15. The number of ether oxygens (including phenoxy) is 1. The van der Waals surface area contributed by atoms with Crippen LogP contribution >= 0.6 is 22.7 Å². The van der Waals surface area contributed by atoms with Crippen LogP contribution in [-0.2, 0) is 24.1 Å². The summed E-state index contributed by atoms with van der Waals surface area (Å²) in [6.45, 7) is 5.12. The number of hydrogen-bond acceptors (Lipinski definition) is 8. The van der Waals surface area contributed by atoms with Crippen LogP contribution in [0.15, 0.2) is 17.5 Å². The molecule has 0 saturated carbocycles. The molecule has 0 bridgehead atoms. The third-order valence-electron chi connectivity index (χ3n) is 6.04. The zero-order valence-electron chi connectivity index (χ0n) is 17.7. The van der Waals surface area contributed by atoms with Crippen molar-refractivity contribution in [2.75, 3.05) is 52.3 Å². The van der Waals surface area contributed by atoms with Crippen LogP contribution in [0.5, 0.6) is 0 Å². The van der Waals surface area contributed by atoms with Gasteiger partial charge in [0.05, 0.1) is 31.2 Å². The molecule has 0 aromatic carbocycles. The summed E-state index contributed by atoms with van der Waals surface area (Å²) in [6.07, 6.45) is 3.59. The molecule has 1 unspecified atom stereocenters. The molecule has 1 N–H and O–H groups in total. The molecule has 5 rings (SSSR count). The molecule has 4 heterocycles. The van der Waals surface area contributed by atoms with Crippen molar-refractivity contribution in [2.45, 2.75) is 31.8 Å². The summed E-state index contributed by atoms with van der Waals surface area (Å²) in [5.41, 5.74) is 1.48. The first-order chi connectivity index (χ1) is 14.7. The van der Waals surface area contributed by atoms with E-state index in [-0.39, 0.29) is 0 Å². The van der Waals surface area contributed by atoms with Crippen LogP contribution in [0.1, 0.15) is 33.6 Å². The van der Waals surface area contributed by atoms with Gasteiger partial charge in [0, 0.05) is 29.4 Å². The van der Waals surface area contributed by atoms with Crippen molar-refractivity contribution in [3.05, 3.63) is 38.7 Å². The Morgan fingerprint density at radius 2 is 2.10 bits per heavy atom. The van der Waals surface area contributed by atoms with E-state index >= 15 is 0 Å². The lowest BCUT2D eigenvalue weighted by Gasteiger charge is -2.26. The molecule has 6 nitrogen and oxygen atoms in total. The molecule has 1 saturated heterocycles. The fourth-order valence-corrected chi connectivity index (χ4v) is 6.61. The first kappa shape index (κ1) is 20.3. The number of anilines is 1. The van der Waals surface area contributed by atoms with Gasteiger partial charge in [-0.2, -0.15) is 0 Å². The summed E-state index contributed by atoms with van der Waals surface area (Å²) in [5.74, 6) is 1.94. The summed E-state index contributed by atoms with van der Waals surface area (Å²) < 4.78 is 5.50. The zero-order valence-corrected chi connectivity index (χ0v) is 19.3. The van der Waals surface area contributed by atoms with Crippen molar-refractivity contribution in [3.63, 3.8) is 0 Å². The van der Waals surface area contributed by atoms with Crippen LogP contribution in [-0.4, -0.2) is 66.7 Å². The minimum Gasteiger partial charge on any atom is -0.379 e. The first-order valence-electron chi connectivity index (χ1n) is 10.7. The van der Waals surface area contributed by atoms with Crippen molar-refractivity contribution in [1.29, 1.82) is 0 Å². The van der Waals surface area contributed by atoms with Crippen LogP contribution < -0.4 is 5.32 Å². The normalized spacial score (nSPS) is 18.2. The summed E-state index contributed by atoms with van der Waals surface area (Å²) in [7, 11) is 4.29. The average Bonchev–Trinajstić information content (AvgIpc) is 3.46. The average molecular weight is 444 g/mol. The Kier molecular flexibility index (Phi) is 6.02. The number of nitrogens with zero attached hydrogens (tertiary/aromatic N) is 4. The number of aryl methyl sites for hydroxylation is 2. The van der Waals surface area contributed by atoms with E-state index in [1.54, 1.807) is 0 Å². The maximum Gasteiger partial charge on any atom is 0.146 e. The largest absolute Gasteiger partial charge is 0.379 e. The van der Waals surface area contributed by atoms with E-state index in [9.17, 15) is 0 Å². The van der Waals surface area contributed by atoms with Crippen molar-refractivity contribution >= 4 is 38.7 Å². The molecule has 2 aliphatic rings. The highest BCUT2D eigenvalue weighted by molar-refractivity contribution is 7.19. The number of aromatic nitrogens is 2. The van der Waals surface area contributed by atoms with E-state index in [4.69, 9.17) is 14.7 Å². The van der Waals surface area contributed by atoms with Crippen LogP contribution in [0, 0.1) is 0 Å².